The smallest absolute Gasteiger partial charge is 0.237 e. The van der Waals surface area contributed by atoms with E-state index in [1.54, 1.807) is 0 Å². The first-order chi connectivity index (χ1) is 9.24. The lowest BCUT2D eigenvalue weighted by atomic mass is 9.94. The number of nitrogens with one attached hydrogen (secondary N) is 1. The van der Waals surface area contributed by atoms with Gasteiger partial charge in [-0.3, -0.25) is 4.79 Å². The van der Waals surface area contributed by atoms with Crippen molar-refractivity contribution in [2.24, 2.45) is 11.7 Å². The van der Waals surface area contributed by atoms with E-state index in [-0.39, 0.29) is 5.91 Å². The summed E-state index contributed by atoms with van der Waals surface area (Å²) in [7, 11) is 0. The van der Waals surface area contributed by atoms with Crippen molar-refractivity contribution in [2.75, 3.05) is 13.1 Å². The molecule has 118 valence electrons. The van der Waals surface area contributed by atoms with Crippen LogP contribution >= 0.6 is 0 Å². The summed E-state index contributed by atoms with van der Waals surface area (Å²) in [6.45, 7) is 13.1. The number of primary amides is 1. The lowest BCUT2D eigenvalue weighted by Crippen LogP contribution is -2.54. The van der Waals surface area contributed by atoms with Gasteiger partial charge < -0.3 is 16.0 Å². The van der Waals surface area contributed by atoms with Crippen LogP contribution in [-0.2, 0) is 4.79 Å². The van der Waals surface area contributed by atoms with E-state index in [0.717, 1.165) is 25.9 Å². The van der Waals surface area contributed by atoms with E-state index in [1.807, 2.05) is 6.92 Å². The molecule has 4 heteroatoms. The third kappa shape index (κ3) is 5.80. The summed E-state index contributed by atoms with van der Waals surface area (Å²) >= 11 is 0. The molecule has 4 nitrogen and oxygen atoms in total. The molecule has 0 bridgehead atoms. The summed E-state index contributed by atoms with van der Waals surface area (Å²) in [5.74, 6) is 0.453. The fraction of sp³-hybridized carbons (Fsp3) is 0.938. The first kappa shape index (κ1) is 17.4. The average molecular weight is 283 g/mol. The molecular formula is C16H33N3O. The standard InChI is InChI=1S/C16H33N3O/c1-12(2)11-19(13(3)4)10-6-9-16(5,15(17)20)18-14-7-8-14/h12-14,18H,6-11H2,1-5H3,(H2,17,20). The zero-order valence-corrected chi connectivity index (χ0v) is 13.9. The van der Waals surface area contributed by atoms with E-state index in [9.17, 15) is 4.79 Å². The Kier molecular flexibility index (Phi) is 6.46. The zero-order valence-electron chi connectivity index (χ0n) is 13.9. The van der Waals surface area contributed by atoms with Gasteiger partial charge in [0.1, 0.15) is 0 Å². The monoisotopic (exact) mass is 283 g/mol. The molecule has 20 heavy (non-hydrogen) atoms. The highest BCUT2D eigenvalue weighted by Crippen LogP contribution is 2.25. The zero-order chi connectivity index (χ0) is 15.3. The van der Waals surface area contributed by atoms with Gasteiger partial charge in [0.2, 0.25) is 5.91 Å². The van der Waals surface area contributed by atoms with Crippen molar-refractivity contribution < 1.29 is 4.79 Å². The van der Waals surface area contributed by atoms with Crippen LogP contribution in [0.5, 0.6) is 0 Å². The minimum absolute atomic E-state index is 0.218. The number of nitrogens with zero attached hydrogens (tertiary/aromatic N) is 1. The molecule has 0 heterocycles. The van der Waals surface area contributed by atoms with Crippen molar-refractivity contribution in [3.63, 3.8) is 0 Å². The second-order valence-electron chi connectivity index (χ2n) is 7.20. The van der Waals surface area contributed by atoms with E-state index in [2.05, 4.69) is 37.9 Å². The van der Waals surface area contributed by atoms with Gasteiger partial charge in [-0.25, -0.2) is 0 Å². The lowest BCUT2D eigenvalue weighted by Gasteiger charge is -2.31. The summed E-state index contributed by atoms with van der Waals surface area (Å²) in [6.07, 6.45) is 4.17. The van der Waals surface area contributed by atoms with Gasteiger partial charge >= 0.3 is 0 Å². The van der Waals surface area contributed by atoms with Gasteiger partial charge in [0.25, 0.3) is 0 Å². The highest BCUT2D eigenvalue weighted by atomic mass is 16.1. The van der Waals surface area contributed by atoms with Crippen LogP contribution < -0.4 is 11.1 Å². The van der Waals surface area contributed by atoms with E-state index in [1.165, 1.54) is 12.8 Å². The summed E-state index contributed by atoms with van der Waals surface area (Å²) in [4.78, 5) is 14.2. The Labute approximate surface area is 124 Å². The molecule has 1 rings (SSSR count). The van der Waals surface area contributed by atoms with Gasteiger partial charge in [0.05, 0.1) is 5.54 Å². The second-order valence-corrected chi connectivity index (χ2v) is 7.20. The van der Waals surface area contributed by atoms with Gasteiger partial charge in [-0.15, -0.1) is 0 Å². The minimum atomic E-state index is -0.540. The first-order valence-corrected chi connectivity index (χ1v) is 8.06. The molecule has 0 aromatic rings. The highest BCUT2D eigenvalue weighted by molar-refractivity contribution is 5.84. The minimum Gasteiger partial charge on any atom is -0.368 e. The number of amides is 1. The van der Waals surface area contributed by atoms with Crippen molar-refractivity contribution in [1.29, 1.82) is 0 Å². The van der Waals surface area contributed by atoms with Crippen LogP contribution in [-0.4, -0.2) is 41.5 Å². The molecule has 0 saturated heterocycles. The van der Waals surface area contributed by atoms with Crippen molar-refractivity contribution in [1.82, 2.24) is 10.2 Å². The third-order valence-electron chi connectivity index (χ3n) is 4.10. The maximum Gasteiger partial charge on any atom is 0.237 e. The molecule has 1 unspecified atom stereocenters. The normalized spacial score (nSPS) is 18.8. The maximum atomic E-state index is 11.7. The molecule has 0 aliphatic heterocycles. The summed E-state index contributed by atoms with van der Waals surface area (Å²) < 4.78 is 0. The molecule has 0 aromatic heterocycles. The van der Waals surface area contributed by atoms with Crippen LogP contribution in [0.15, 0.2) is 0 Å². The summed E-state index contributed by atoms with van der Waals surface area (Å²) in [5, 5.41) is 3.42. The first-order valence-electron chi connectivity index (χ1n) is 8.06. The quantitative estimate of drug-likeness (QED) is 0.646. The second kappa shape index (κ2) is 7.41. The molecule has 0 spiro atoms. The fourth-order valence-corrected chi connectivity index (χ4v) is 2.61. The Morgan fingerprint density at radius 2 is 1.95 bits per heavy atom. The molecule has 3 N–H and O–H groups in total. The molecule has 0 radical (unpaired) electrons. The van der Waals surface area contributed by atoms with Crippen LogP contribution in [0, 0.1) is 5.92 Å². The SMILES string of the molecule is CC(C)CN(CCCC(C)(NC1CC1)C(N)=O)C(C)C. The summed E-state index contributed by atoms with van der Waals surface area (Å²) in [5.41, 5.74) is 5.05. The fourth-order valence-electron chi connectivity index (χ4n) is 2.61. The molecule has 1 atom stereocenters. The Hall–Kier alpha value is -0.610. The van der Waals surface area contributed by atoms with Crippen LogP contribution in [0.3, 0.4) is 0 Å². The summed E-state index contributed by atoms with van der Waals surface area (Å²) in [6, 6.07) is 1.05. The van der Waals surface area contributed by atoms with Crippen molar-refractivity contribution in [3.05, 3.63) is 0 Å². The van der Waals surface area contributed by atoms with Crippen LogP contribution in [0.2, 0.25) is 0 Å². The van der Waals surface area contributed by atoms with Gasteiger partial charge in [0, 0.05) is 18.6 Å². The van der Waals surface area contributed by atoms with Crippen LogP contribution in [0.4, 0.5) is 0 Å². The Morgan fingerprint density at radius 1 is 1.35 bits per heavy atom. The number of carbonyl (C=O) groups is 1. The number of hydrogen-bond donors (Lipinski definition) is 2. The van der Waals surface area contributed by atoms with Crippen LogP contribution in [0.1, 0.15) is 60.3 Å². The lowest BCUT2D eigenvalue weighted by molar-refractivity contribution is -0.124. The molecule has 1 aliphatic rings. The Balaban J connectivity index is 2.43. The number of nitrogens with two attached hydrogens (primary N) is 1. The van der Waals surface area contributed by atoms with Gasteiger partial charge in [0.15, 0.2) is 0 Å². The highest BCUT2D eigenvalue weighted by Gasteiger charge is 2.36. The molecule has 1 amide bonds. The van der Waals surface area contributed by atoms with Crippen molar-refractivity contribution in [2.45, 2.75) is 77.9 Å². The predicted molar refractivity (Wildman–Crippen MR) is 84.5 cm³/mol. The van der Waals surface area contributed by atoms with Crippen molar-refractivity contribution >= 4 is 5.91 Å². The molecule has 1 fully saturated rings. The Bertz CT molecular complexity index is 313. The van der Waals surface area contributed by atoms with Crippen LogP contribution in [0.25, 0.3) is 0 Å². The molecule has 1 aliphatic carbocycles. The molecule has 0 aromatic carbocycles. The van der Waals surface area contributed by atoms with E-state index >= 15 is 0 Å². The molecular weight excluding hydrogens is 250 g/mol. The van der Waals surface area contributed by atoms with E-state index < -0.39 is 5.54 Å². The largest absolute Gasteiger partial charge is 0.368 e. The van der Waals surface area contributed by atoms with Gasteiger partial charge in [-0.05, 0) is 58.9 Å². The van der Waals surface area contributed by atoms with Gasteiger partial charge in [-0.1, -0.05) is 13.8 Å². The van der Waals surface area contributed by atoms with E-state index in [4.69, 9.17) is 5.73 Å². The number of hydrogen-bond acceptors (Lipinski definition) is 3. The van der Waals surface area contributed by atoms with Gasteiger partial charge in [-0.2, -0.15) is 0 Å². The number of rotatable bonds is 10. The van der Waals surface area contributed by atoms with E-state index in [0.29, 0.717) is 18.0 Å². The maximum absolute atomic E-state index is 11.7. The predicted octanol–water partition coefficient (Wildman–Crippen LogP) is 2.13. The Morgan fingerprint density at radius 3 is 2.35 bits per heavy atom. The molecule has 1 saturated carbocycles. The van der Waals surface area contributed by atoms with Crippen molar-refractivity contribution in [3.8, 4) is 0 Å². The third-order valence-corrected chi connectivity index (χ3v) is 4.10. The number of carbonyl (C=O) groups excluding carboxylic acids is 1. The average Bonchev–Trinajstić information content (AvgIpc) is 3.10. The topological polar surface area (TPSA) is 58.4 Å².